The molecule has 1 heterocycles. The van der Waals surface area contributed by atoms with Gasteiger partial charge in [-0.2, -0.15) is 0 Å². The number of hydrogen-bond donors (Lipinski definition) is 0. The minimum Gasteiger partial charge on any atom is -0.484 e. The van der Waals surface area contributed by atoms with Crippen molar-refractivity contribution in [2.45, 2.75) is 18.9 Å². The molecule has 2 aromatic carbocycles. The van der Waals surface area contributed by atoms with E-state index in [9.17, 15) is 9.59 Å². The van der Waals surface area contributed by atoms with Crippen LogP contribution in [0.25, 0.3) is 11.1 Å². The largest absolute Gasteiger partial charge is 0.484 e. The zero-order valence-electron chi connectivity index (χ0n) is 14.2. The van der Waals surface area contributed by atoms with E-state index in [4.69, 9.17) is 9.47 Å². The maximum absolute atomic E-state index is 12.3. The molecule has 1 saturated heterocycles. The fraction of sp³-hybridized carbons (Fsp3) is 0.300. The van der Waals surface area contributed by atoms with Gasteiger partial charge in [-0.1, -0.05) is 42.5 Å². The third-order valence-electron chi connectivity index (χ3n) is 4.37. The Morgan fingerprint density at radius 3 is 2.40 bits per heavy atom. The number of rotatable bonds is 5. The quantitative estimate of drug-likeness (QED) is 0.786. The standard InChI is InChI=1S/C20H21NO4/c1-24-20(23)18-8-5-13-21(18)19(22)14-25-17-11-9-16(10-12-17)15-6-3-2-4-7-15/h2-4,6-7,9-12,18H,5,8,13-14H2,1H3/t18-/m1/s1. The first-order chi connectivity index (χ1) is 12.2. The molecular formula is C20H21NO4. The van der Waals surface area contributed by atoms with Crippen LogP contribution in [0, 0.1) is 0 Å². The second-order valence-corrected chi connectivity index (χ2v) is 5.95. The number of likely N-dealkylation sites (tertiary alicyclic amines) is 1. The van der Waals surface area contributed by atoms with Gasteiger partial charge in [0.25, 0.3) is 5.91 Å². The van der Waals surface area contributed by atoms with Gasteiger partial charge in [0.2, 0.25) is 0 Å². The van der Waals surface area contributed by atoms with Crippen LogP contribution in [-0.2, 0) is 14.3 Å². The molecule has 25 heavy (non-hydrogen) atoms. The minimum absolute atomic E-state index is 0.0851. The maximum Gasteiger partial charge on any atom is 0.328 e. The SMILES string of the molecule is COC(=O)[C@H]1CCCN1C(=O)COc1ccc(-c2ccccc2)cc1. The van der Waals surface area contributed by atoms with Crippen LogP contribution in [0.3, 0.4) is 0 Å². The lowest BCUT2D eigenvalue weighted by Crippen LogP contribution is -2.43. The van der Waals surface area contributed by atoms with E-state index in [0.29, 0.717) is 18.7 Å². The molecule has 3 rings (SSSR count). The third kappa shape index (κ3) is 3.99. The van der Waals surface area contributed by atoms with Crippen LogP contribution in [0.5, 0.6) is 5.75 Å². The molecule has 1 fully saturated rings. The van der Waals surface area contributed by atoms with Crippen molar-refractivity contribution in [1.29, 1.82) is 0 Å². The number of ether oxygens (including phenoxy) is 2. The number of esters is 1. The van der Waals surface area contributed by atoms with E-state index in [1.54, 1.807) is 4.90 Å². The highest BCUT2D eigenvalue weighted by Gasteiger charge is 2.34. The van der Waals surface area contributed by atoms with Crippen molar-refractivity contribution >= 4 is 11.9 Å². The first-order valence-electron chi connectivity index (χ1n) is 8.34. The van der Waals surface area contributed by atoms with Crippen LogP contribution in [0.15, 0.2) is 54.6 Å². The predicted octanol–water partition coefficient (Wildman–Crippen LogP) is 2.90. The molecular weight excluding hydrogens is 318 g/mol. The summed E-state index contributed by atoms with van der Waals surface area (Å²) in [6, 6.07) is 17.2. The molecule has 5 heteroatoms. The van der Waals surface area contributed by atoms with Gasteiger partial charge in [0, 0.05) is 6.54 Å². The van der Waals surface area contributed by atoms with Crippen LogP contribution in [0.2, 0.25) is 0 Å². The molecule has 0 aliphatic carbocycles. The number of benzene rings is 2. The first-order valence-corrected chi connectivity index (χ1v) is 8.34. The summed E-state index contributed by atoms with van der Waals surface area (Å²) in [7, 11) is 1.34. The second-order valence-electron chi connectivity index (χ2n) is 5.95. The number of amides is 1. The van der Waals surface area contributed by atoms with Gasteiger partial charge in [0.15, 0.2) is 6.61 Å². The summed E-state index contributed by atoms with van der Waals surface area (Å²) in [5.41, 5.74) is 2.22. The Morgan fingerprint density at radius 2 is 1.72 bits per heavy atom. The zero-order valence-corrected chi connectivity index (χ0v) is 14.2. The average molecular weight is 339 g/mol. The molecule has 5 nitrogen and oxygen atoms in total. The van der Waals surface area contributed by atoms with Gasteiger partial charge in [0.1, 0.15) is 11.8 Å². The lowest BCUT2D eigenvalue weighted by Gasteiger charge is -2.22. The van der Waals surface area contributed by atoms with Gasteiger partial charge in [-0.05, 0) is 36.1 Å². The molecule has 1 aliphatic heterocycles. The number of carbonyl (C=O) groups is 2. The normalized spacial score (nSPS) is 16.5. The summed E-state index contributed by atoms with van der Waals surface area (Å²) < 4.78 is 10.3. The Labute approximate surface area is 147 Å². The summed E-state index contributed by atoms with van der Waals surface area (Å²) in [5, 5.41) is 0. The molecule has 0 spiro atoms. The zero-order chi connectivity index (χ0) is 17.6. The monoisotopic (exact) mass is 339 g/mol. The second kappa shape index (κ2) is 7.83. The average Bonchev–Trinajstić information content (AvgIpc) is 3.16. The summed E-state index contributed by atoms with van der Waals surface area (Å²) in [6.07, 6.45) is 1.45. The van der Waals surface area contributed by atoms with Gasteiger partial charge in [-0.3, -0.25) is 4.79 Å². The van der Waals surface area contributed by atoms with Gasteiger partial charge < -0.3 is 14.4 Å². The van der Waals surface area contributed by atoms with Crippen molar-refractivity contribution in [1.82, 2.24) is 4.90 Å². The lowest BCUT2D eigenvalue weighted by molar-refractivity contribution is -0.151. The Hall–Kier alpha value is -2.82. The van der Waals surface area contributed by atoms with Crippen molar-refractivity contribution in [3.63, 3.8) is 0 Å². The molecule has 1 amide bonds. The molecule has 0 unspecified atom stereocenters. The van der Waals surface area contributed by atoms with Gasteiger partial charge in [-0.15, -0.1) is 0 Å². The molecule has 2 aromatic rings. The van der Waals surface area contributed by atoms with Crippen LogP contribution in [0.4, 0.5) is 0 Å². The molecule has 1 atom stereocenters. The van der Waals surface area contributed by atoms with Crippen molar-refractivity contribution < 1.29 is 19.1 Å². The fourth-order valence-electron chi connectivity index (χ4n) is 3.05. The topological polar surface area (TPSA) is 55.8 Å². The van der Waals surface area contributed by atoms with Gasteiger partial charge in [0.05, 0.1) is 7.11 Å². The van der Waals surface area contributed by atoms with Crippen LogP contribution in [0.1, 0.15) is 12.8 Å². The highest BCUT2D eigenvalue weighted by atomic mass is 16.5. The van der Waals surface area contributed by atoms with E-state index in [-0.39, 0.29) is 18.5 Å². The van der Waals surface area contributed by atoms with Crippen LogP contribution in [-0.4, -0.2) is 43.1 Å². The predicted molar refractivity (Wildman–Crippen MR) is 94.1 cm³/mol. The Kier molecular flexibility index (Phi) is 5.33. The number of nitrogens with zero attached hydrogens (tertiary/aromatic N) is 1. The van der Waals surface area contributed by atoms with Crippen molar-refractivity contribution in [2.75, 3.05) is 20.3 Å². The summed E-state index contributed by atoms with van der Waals surface area (Å²) >= 11 is 0. The summed E-state index contributed by atoms with van der Waals surface area (Å²) in [6.45, 7) is 0.479. The van der Waals surface area contributed by atoms with Gasteiger partial charge in [-0.25, -0.2) is 4.79 Å². The Balaban J connectivity index is 1.58. The highest BCUT2D eigenvalue weighted by molar-refractivity contribution is 5.86. The molecule has 0 saturated carbocycles. The molecule has 130 valence electrons. The molecule has 1 aliphatic rings. The van der Waals surface area contributed by atoms with E-state index in [2.05, 4.69) is 0 Å². The van der Waals surface area contributed by atoms with Crippen molar-refractivity contribution in [3.8, 4) is 16.9 Å². The molecule has 0 aromatic heterocycles. The van der Waals surface area contributed by atoms with Gasteiger partial charge >= 0.3 is 5.97 Å². The number of hydrogen-bond acceptors (Lipinski definition) is 4. The summed E-state index contributed by atoms with van der Waals surface area (Å²) in [5.74, 6) is 0.0694. The fourth-order valence-corrected chi connectivity index (χ4v) is 3.05. The molecule has 0 radical (unpaired) electrons. The summed E-state index contributed by atoms with van der Waals surface area (Å²) in [4.78, 5) is 25.6. The van der Waals surface area contributed by atoms with E-state index in [1.807, 2.05) is 54.6 Å². The number of carbonyl (C=O) groups excluding carboxylic acids is 2. The number of methoxy groups -OCH3 is 1. The van der Waals surface area contributed by atoms with Crippen LogP contribution >= 0.6 is 0 Å². The van der Waals surface area contributed by atoms with E-state index >= 15 is 0 Å². The highest BCUT2D eigenvalue weighted by Crippen LogP contribution is 2.23. The van der Waals surface area contributed by atoms with E-state index in [0.717, 1.165) is 17.5 Å². The Bertz CT molecular complexity index is 727. The smallest absolute Gasteiger partial charge is 0.328 e. The lowest BCUT2D eigenvalue weighted by atomic mass is 10.1. The van der Waals surface area contributed by atoms with E-state index < -0.39 is 6.04 Å². The van der Waals surface area contributed by atoms with Crippen molar-refractivity contribution in [2.24, 2.45) is 0 Å². The van der Waals surface area contributed by atoms with Crippen LogP contribution < -0.4 is 4.74 Å². The minimum atomic E-state index is -0.485. The first kappa shape index (κ1) is 17.0. The molecule has 0 bridgehead atoms. The third-order valence-corrected chi connectivity index (χ3v) is 4.37. The maximum atomic E-state index is 12.3. The Morgan fingerprint density at radius 1 is 1.04 bits per heavy atom. The molecule has 0 N–H and O–H groups in total. The van der Waals surface area contributed by atoms with E-state index in [1.165, 1.54) is 7.11 Å². The van der Waals surface area contributed by atoms with Crippen molar-refractivity contribution in [3.05, 3.63) is 54.6 Å².